The van der Waals surface area contributed by atoms with E-state index in [9.17, 15) is 39.3 Å². The molecule has 14 heteroatoms. The van der Waals surface area contributed by atoms with Crippen LogP contribution in [0.25, 0.3) is 0 Å². The number of carbonyl (C=O) groups is 5. The second kappa shape index (κ2) is 17.7. The molecule has 1 rings (SSSR count). The Morgan fingerprint density at radius 3 is 1.68 bits per heavy atom. The van der Waals surface area contributed by atoms with Gasteiger partial charge in [0.25, 0.3) is 0 Å². The fraction of sp³-hybridized carbons (Fsp3) is 0.538. The Balaban J connectivity index is 3.06. The molecule has 0 aromatic heterocycles. The zero-order valence-electron chi connectivity index (χ0n) is 22.4. The Hall–Kier alpha value is -3.88. The van der Waals surface area contributed by atoms with Crippen LogP contribution in [0.15, 0.2) is 24.3 Å². The predicted molar refractivity (Wildman–Crippen MR) is 143 cm³/mol. The Kier molecular flexibility index (Phi) is 15.1. The molecule has 0 aliphatic heterocycles. The Morgan fingerprint density at radius 2 is 1.23 bits per heavy atom. The molecule has 0 spiro atoms. The Bertz CT molecular complexity index is 985. The lowest BCUT2D eigenvalue weighted by molar-refractivity contribution is -0.145. The fourth-order valence-corrected chi connectivity index (χ4v) is 4.39. The number of hydrogen-bond acceptors (Lipinski definition) is 9. The minimum Gasteiger partial charge on any atom is -0.480 e. The van der Waals surface area contributed by atoms with Gasteiger partial charge in [0.1, 0.15) is 0 Å². The molecule has 1 aromatic rings. The van der Waals surface area contributed by atoms with Crippen LogP contribution in [0.1, 0.15) is 37.3 Å². The lowest BCUT2D eigenvalue weighted by Crippen LogP contribution is -2.51. The third kappa shape index (κ3) is 14.3. The van der Waals surface area contributed by atoms with Crippen molar-refractivity contribution in [2.75, 3.05) is 45.8 Å². The Labute approximate surface area is 231 Å². The standard InChI is InChI=1S/C26H38N4O10/c1-18(4-2-3-9-28(13-22(31)32)14-23(33)34)29(15-24(35)36)12-21(30(16-25(37)38)17-26(39)40)10-19-5-7-20(11-27)8-6-19/h5-8,11,18,21,27H,2-4,9-10,12-17H2,1H3,(H,31,32)(H,33,34)(H,35,36)(H,37,38)(H,39,40). The van der Waals surface area contributed by atoms with Crippen LogP contribution in [-0.2, 0) is 30.4 Å². The summed E-state index contributed by atoms with van der Waals surface area (Å²) < 4.78 is 0. The van der Waals surface area contributed by atoms with Crippen LogP contribution in [0.5, 0.6) is 0 Å². The summed E-state index contributed by atoms with van der Waals surface area (Å²) in [5.41, 5.74) is 1.41. The molecule has 0 fully saturated rings. The molecular weight excluding hydrogens is 528 g/mol. The largest absolute Gasteiger partial charge is 0.480 e. The van der Waals surface area contributed by atoms with Gasteiger partial charge in [0.2, 0.25) is 0 Å². The first-order valence-electron chi connectivity index (χ1n) is 12.7. The van der Waals surface area contributed by atoms with E-state index >= 15 is 0 Å². The van der Waals surface area contributed by atoms with Crippen LogP contribution in [0.4, 0.5) is 0 Å². The zero-order chi connectivity index (χ0) is 30.2. The summed E-state index contributed by atoms with van der Waals surface area (Å²) in [7, 11) is 0. The van der Waals surface area contributed by atoms with Crippen molar-refractivity contribution in [3.05, 3.63) is 35.4 Å². The smallest absolute Gasteiger partial charge is 0.317 e. The number of nitrogens with one attached hydrogen (secondary N) is 1. The minimum atomic E-state index is -1.23. The number of benzene rings is 1. The second-order valence-corrected chi connectivity index (χ2v) is 9.60. The highest BCUT2D eigenvalue weighted by atomic mass is 16.4. The van der Waals surface area contributed by atoms with E-state index in [0.717, 1.165) is 5.56 Å². The van der Waals surface area contributed by atoms with Crippen LogP contribution in [-0.4, -0.2) is 134 Å². The van der Waals surface area contributed by atoms with Crippen LogP contribution in [0, 0.1) is 5.41 Å². The summed E-state index contributed by atoms with van der Waals surface area (Å²) in [6.45, 7) is -0.251. The molecule has 0 bridgehead atoms. The van der Waals surface area contributed by atoms with Gasteiger partial charge >= 0.3 is 29.8 Å². The van der Waals surface area contributed by atoms with Gasteiger partial charge in [-0.05, 0) is 43.9 Å². The van der Waals surface area contributed by atoms with Crippen LogP contribution in [0.3, 0.4) is 0 Å². The molecule has 0 radical (unpaired) electrons. The second-order valence-electron chi connectivity index (χ2n) is 9.60. The molecule has 6 N–H and O–H groups in total. The highest BCUT2D eigenvalue weighted by Gasteiger charge is 2.28. The number of rotatable bonds is 22. The van der Waals surface area contributed by atoms with Crippen molar-refractivity contribution in [3.8, 4) is 0 Å². The van der Waals surface area contributed by atoms with Gasteiger partial charge in [-0.25, -0.2) is 0 Å². The zero-order valence-corrected chi connectivity index (χ0v) is 22.4. The molecule has 14 nitrogen and oxygen atoms in total. The summed E-state index contributed by atoms with van der Waals surface area (Å²) in [4.78, 5) is 61.0. The number of hydrogen-bond donors (Lipinski definition) is 6. The van der Waals surface area contributed by atoms with Gasteiger partial charge in [-0.3, -0.25) is 38.7 Å². The van der Waals surface area contributed by atoms with E-state index in [0.29, 0.717) is 24.8 Å². The van der Waals surface area contributed by atoms with E-state index in [1.165, 1.54) is 16.0 Å². The number of carboxylic acids is 5. The number of unbranched alkanes of at least 4 members (excludes halogenated alkanes) is 1. The molecule has 0 saturated heterocycles. The monoisotopic (exact) mass is 566 g/mol. The first kappa shape index (κ1) is 34.1. The van der Waals surface area contributed by atoms with Crippen molar-refractivity contribution < 1.29 is 49.5 Å². The molecule has 0 heterocycles. The van der Waals surface area contributed by atoms with Crippen molar-refractivity contribution in [3.63, 3.8) is 0 Å². The van der Waals surface area contributed by atoms with Crippen molar-refractivity contribution >= 4 is 36.1 Å². The van der Waals surface area contributed by atoms with E-state index < -0.39 is 62.1 Å². The van der Waals surface area contributed by atoms with Crippen LogP contribution < -0.4 is 0 Å². The quantitative estimate of drug-likeness (QED) is 0.0832. The molecule has 0 aliphatic rings. The average Bonchev–Trinajstić information content (AvgIpc) is 2.84. The topological polar surface area (TPSA) is 220 Å². The number of aliphatic carboxylic acids is 5. The lowest BCUT2D eigenvalue weighted by Gasteiger charge is -2.36. The highest BCUT2D eigenvalue weighted by Crippen LogP contribution is 2.16. The van der Waals surface area contributed by atoms with Gasteiger partial charge in [-0.1, -0.05) is 30.7 Å². The van der Waals surface area contributed by atoms with E-state index in [4.69, 9.17) is 15.6 Å². The van der Waals surface area contributed by atoms with Crippen molar-refractivity contribution in [1.82, 2.24) is 14.7 Å². The maximum Gasteiger partial charge on any atom is 0.317 e. The minimum absolute atomic E-state index is 0.0600. The fourth-order valence-electron chi connectivity index (χ4n) is 4.39. The molecule has 2 unspecified atom stereocenters. The molecule has 0 amide bonds. The van der Waals surface area contributed by atoms with Crippen LogP contribution in [0.2, 0.25) is 0 Å². The molecule has 1 aromatic carbocycles. The summed E-state index contributed by atoms with van der Waals surface area (Å²) in [6.07, 6.45) is 2.90. The molecule has 0 aliphatic carbocycles. The van der Waals surface area contributed by atoms with Crippen molar-refractivity contribution in [2.24, 2.45) is 0 Å². The summed E-state index contributed by atoms with van der Waals surface area (Å²) >= 11 is 0. The van der Waals surface area contributed by atoms with Crippen LogP contribution >= 0.6 is 0 Å². The first-order chi connectivity index (χ1) is 18.8. The SMILES string of the molecule is CC(CCCCN(CC(=O)O)CC(=O)O)N(CC(=O)O)CC(Cc1ccc(C=N)cc1)N(CC(=O)O)CC(=O)O. The highest BCUT2D eigenvalue weighted by molar-refractivity contribution is 5.77. The molecule has 222 valence electrons. The maximum absolute atomic E-state index is 11.7. The van der Waals surface area contributed by atoms with E-state index in [1.807, 2.05) is 0 Å². The van der Waals surface area contributed by atoms with Gasteiger partial charge in [0.05, 0.1) is 32.7 Å². The van der Waals surface area contributed by atoms with Gasteiger partial charge < -0.3 is 30.9 Å². The summed E-state index contributed by atoms with van der Waals surface area (Å²) in [5.74, 6) is -5.86. The van der Waals surface area contributed by atoms with Gasteiger partial charge in [0, 0.05) is 24.8 Å². The van der Waals surface area contributed by atoms with Crippen molar-refractivity contribution in [1.29, 1.82) is 5.41 Å². The number of nitrogens with zero attached hydrogens (tertiary/aromatic N) is 3. The van der Waals surface area contributed by atoms with E-state index in [2.05, 4.69) is 0 Å². The first-order valence-corrected chi connectivity index (χ1v) is 12.7. The summed E-state index contributed by atoms with van der Waals surface area (Å²) in [6, 6.07) is 5.92. The van der Waals surface area contributed by atoms with Gasteiger partial charge in [0.15, 0.2) is 0 Å². The van der Waals surface area contributed by atoms with E-state index in [1.54, 1.807) is 36.1 Å². The van der Waals surface area contributed by atoms with Crippen molar-refractivity contribution in [2.45, 2.75) is 44.7 Å². The van der Waals surface area contributed by atoms with Gasteiger partial charge in [-0.15, -0.1) is 0 Å². The average molecular weight is 567 g/mol. The Morgan fingerprint density at radius 1 is 0.750 bits per heavy atom. The van der Waals surface area contributed by atoms with Gasteiger partial charge in [-0.2, -0.15) is 0 Å². The lowest BCUT2D eigenvalue weighted by atomic mass is 10.0. The molecule has 2 atom stereocenters. The number of carboxylic acid groups (broad SMARTS) is 5. The van der Waals surface area contributed by atoms with E-state index in [-0.39, 0.29) is 32.1 Å². The predicted octanol–water partition coefficient (Wildman–Crippen LogP) is 0.483. The summed E-state index contributed by atoms with van der Waals surface area (Å²) in [5, 5.41) is 53.7. The third-order valence-corrected chi connectivity index (χ3v) is 6.28. The molecule has 0 saturated carbocycles. The maximum atomic E-state index is 11.7. The third-order valence-electron chi connectivity index (χ3n) is 6.28. The molecule has 40 heavy (non-hydrogen) atoms. The molecular formula is C26H38N4O10. The normalized spacial score (nSPS) is 12.8.